The number of hydrogen-bond donors (Lipinski definition) is 3. The molecule has 3 aromatic rings. The minimum Gasteiger partial charge on any atom is -0.379 e. The summed E-state index contributed by atoms with van der Waals surface area (Å²) in [4.78, 5) is 33.9. The van der Waals surface area contributed by atoms with E-state index in [-0.39, 0.29) is 22.4 Å². The summed E-state index contributed by atoms with van der Waals surface area (Å²) in [6.07, 6.45) is 5.90. The van der Waals surface area contributed by atoms with Crippen molar-refractivity contribution in [2.75, 3.05) is 63.9 Å². The molecule has 1 unspecified atom stereocenters. The van der Waals surface area contributed by atoms with Crippen molar-refractivity contribution in [3.8, 4) is 6.19 Å². The van der Waals surface area contributed by atoms with Crippen LogP contribution in [0.4, 0.5) is 11.5 Å². The zero-order valence-electron chi connectivity index (χ0n) is 22.4. The minimum absolute atomic E-state index is 0.104. The van der Waals surface area contributed by atoms with E-state index in [9.17, 15) is 10.1 Å². The van der Waals surface area contributed by atoms with Crippen LogP contribution in [0.25, 0.3) is 11.0 Å². The standard InChI is InChI=1S/C27H34N10O2/c1-19-15-31-24-23(19)25(33-18-32-24)36-8-11-37(17-28,20(2)16-36)27(29)34-22-5-3-4-21(14-22)26(38)30-6-7-35-9-12-39-13-10-35/h3-5,14-15,18,20H,6-13,16H2,1-2H3,(H3-,29,30,31,32,33,34,38)/p+1/t20?,37-/m0/s1. The number of nitriles is 1. The Labute approximate surface area is 227 Å². The summed E-state index contributed by atoms with van der Waals surface area (Å²) < 4.78 is 5.26. The number of quaternary nitrogens is 1. The molecule has 2 aliphatic rings. The first-order valence-electron chi connectivity index (χ1n) is 13.3. The van der Waals surface area contributed by atoms with Crippen LogP contribution in [0.15, 0.2) is 41.8 Å². The van der Waals surface area contributed by atoms with Crippen LogP contribution in [0.2, 0.25) is 0 Å². The maximum atomic E-state index is 12.8. The molecule has 39 heavy (non-hydrogen) atoms. The lowest BCUT2D eigenvalue weighted by Crippen LogP contribution is -2.67. The molecule has 0 radical (unpaired) electrons. The number of carbonyl (C=O) groups excluding carboxylic acids is 1. The molecule has 204 valence electrons. The average molecular weight is 532 g/mol. The molecule has 0 aliphatic carbocycles. The van der Waals surface area contributed by atoms with Crippen LogP contribution in [-0.4, -0.2) is 101 Å². The maximum absolute atomic E-state index is 12.8. The Morgan fingerprint density at radius 2 is 2.15 bits per heavy atom. The van der Waals surface area contributed by atoms with Crippen LogP contribution in [0, 0.1) is 18.4 Å². The second kappa shape index (κ2) is 11.4. The Kier molecular flexibility index (Phi) is 7.74. The van der Waals surface area contributed by atoms with Crippen LogP contribution in [0.1, 0.15) is 22.8 Å². The van der Waals surface area contributed by atoms with Gasteiger partial charge in [-0.1, -0.05) is 6.07 Å². The Balaban J connectivity index is 1.28. The fourth-order valence-corrected chi connectivity index (χ4v) is 5.31. The molecule has 2 fully saturated rings. The molecule has 2 saturated heterocycles. The summed E-state index contributed by atoms with van der Waals surface area (Å²) in [5, 5.41) is 14.2. The van der Waals surface area contributed by atoms with E-state index in [0.717, 1.165) is 55.3 Å². The largest absolute Gasteiger partial charge is 0.379 e. The molecule has 2 aliphatic heterocycles. The van der Waals surface area contributed by atoms with Gasteiger partial charge >= 0.3 is 12.2 Å². The number of aryl methyl sites for hydroxylation is 1. The molecule has 4 heterocycles. The lowest BCUT2D eigenvalue weighted by atomic mass is 10.1. The van der Waals surface area contributed by atoms with E-state index in [1.165, 1.54) is 0 Å². The summed E-state index contributed by atoms with van der Waals surface area (Å²) in [5.41, 5.74) is 9.43. The van der Waals surface area contributed by atoms with Gasteiger partial charge in [0.05, 0.1) is 37.4 Å². The predicted molar refractivity (Wildman–Crippen MR) is 148 cm³/mol. The number of nitrogens with zero attached hydrogens (tertiary/aromatic N) is 7. The van der Waals surface area contributed by atoms with E-state index < -0.39 is 0 Å². The van der Waals surface area contributed by atoms with Gasteiger partial charge in [-0.2, -0.15) is 9.48 Å². The number of piperazine rings is 1. The Bertz CT molecular complexity index is 1410. The summed E-state index contributed by atoms with van der Waals surface area (Å²) in [5.74, 6) is 0.894. The smallest absolute Gasteiger partial charge is 0.317 e. The Morgan fingerprint density at radius 1 is 1.33 bits per heavy atom. The van der Waals surface area contributed by atoms with E-state index in [1.807, 2.05) is 20.0 Å². The molecule has 4 N–H and O–H groups in total. The van der Waals surface area contributed by atoms with E-state index in [1.54, 1.807) is 30.6 Å². The van der Waals surface area contributed by atoms with Gasteiger partial charge in [0.2, 0.25) is 0 Å². The van der Waals surface area contributed by atoms with Gasteiger partial charge < -0.3 is 25.7 Å². The number of benzene rings is 1. The number of aromatic amines is 1. The van der Waals surface area contributed by atoms with E-state index in [2.05, 4.69) is 41.3 Å². The summed E-state index contributed by atoms with van der Waals surface area (Å²) in [7, 11) is 0. The molecule has 5 rings (SSSR count). The summed E-state index contributed by atoms with van der Waals surface area (Å²) >= 11 is 0. The first kappa shape index (κ1) is 26.6. The second-order valence-corrected chi connectivity index (χ2v) is 10.1. The normalized spacial score (nSPS) is 22.5. The second-order valence-electron chi connectivity index (χ2n) is 10.1. The van der Waals surface area contributed by atoms with E-state index in [0.29, 0.717) is 37.4 Å². The SMILES string of the molecule is Cc1c[nH]c2ncnc(N3CC[N@@+](C#N)(C(N)=Nc4cccc(C(=O)NCCN5CCOCC5)c4)C(C)C3)c12. The average Bonchev–Trinajstić information content (AvgIpc) is 3.34. The van der Waals surface area contributed by atoms with Crippen molar-refractivity contribution >= 4 is 34.4 Å². The highest BCUT2D eigenvalue weighted by Gasteiger charge is 2.45. The quantitative estimate of drug-likeness (QED) is 0.187. The van der Waals surface area contributed by atoms with E-state index >= 15 is 0 Å². The number of aromatic nitrogens is 3. The van der Waals surface area contributed by atoms with Gasteiger partial charge in [-0.25, -0.2) is 9.97 Å². The third kappa shape index (κ3) is 5.42. The van der Waals surface area contributed by atoms with Gasteiger partial charge in [0.25, 0.3) is 5.91 Å². The number of morpholine rings is 1. The number of amides is 1. The zero-order chi connectivity index (χ0) is 27.4. The molecule has 0 spiro atoms. The Morgan fingerprint density at radius 3 is 2.92 bits per heavy atom. The summed E-state index contributed by atoms with van der Waals surface area (Å²) in [6.45, 7) is 10.2. The third-order valence-electron chi connectivity index (χ3n) is 7.66. The first-order valence-corrected chi connectivity index (χ1v) is 13.3. The van der Waals surface area contributed by atoms with Crippen LogP contribution in [0.3, 0.4) is 0 Å². The summed E-state index contributed by atoms with van der Waals surface area (Å²) in [6, 6.07) is 6.86. The third-order valence-corrected chi connectivity index (χ3v) is 7.66. The lowest BCUT2D eigenvalue weighted by Gasteiger charge is -2.42. The van der Waals surface area contributed by atoms with Gasteiger partial charge in [0.15, 0.2) is 0 Å². The molecule has 1 amide bonds. The van der Waals surface area contributed by atoms with Crippen molar-refractivity contribution < 1.29 is 14.0 Å². The molecule has 0 saturated carbocycles. The molecular formula is C27H35N10O2+. The predicted octanol–water partition coefficient (Wildman–Crippen LogP) is 1.48. The van der Waals surface area contributed by atoms with Crippen LogP contribution in [-0.2, 0) is 4.74 Å². The van der Waals surface area contributed by atoms with Crippen LogP contribution < -0.4 is 16.0 Å². The van der Waals surface area contributed by atoms with Crippen LogP contribution >= 0.6 is 0 Å². The number of ether oxygens (including phenoxy) is 1. The molecule has 1 aromatic carbocycles. The number of nitrogens with one attached hydrogen (secondary N) is 2. The molecule has 12 heteroatoms. The number of guanidine groups is 1. The van der Waals surface area contributed by atoms with Gasteiger partial charge in [0.1, 0.15) is 30.4 Å². The first-order chi connectivity index (χ1) is 18.9. The van der Waals surface area contributed by atoms with E-state index in [4.69, 9.17) is 10.5 Å². The van der Waals surface area contributed by atoms with Crippen molar-refractivity contribution in [1.29, 1.82) is 5.26 Å². The number of aliphatic imine (C=N–C) groups is 1. The van der Waals surface area contributed by atoms with Gasteiger partial charge in [0, 0.05) is 37.9 Å². The zero-order valence-corrected chi connectivity index (χ0v) is 22.4. The molecule has 2 atom stereocenters. The number of fused-ring (bicyclic) bond motifs is 1. The monoisotopic (exact) mass is 531 g/mol. The maximum Gasteiger partial charge on any atom is 0.317 e. The van der Waals surface area contributed by atoms with Crippen molar-refractivity contribution in [3.05, 3.63) is 47.9 Å². The highest BCUT2D eigenvalue weighted by atomic mass is 16.5. The fourth-order valence-electron chi connectivity index (χ4n) is 5.31. The molecule has 2 aromatic heterocycles. The van der Waals surface area contributed by atoms with Gasteiger partial charge in [-0.15, -0.1) is 5.26 Å². The molecule has 12 nitrogen and oxygen atoms in total. The van der Waals surface area contributed by atoms with Crippen molar-refractivity contribution in [2.45, 2.75) is 19.9 Å². The van der Waals surface area contributed by atoms with Crippen LogP contribution in [0.5, 0.6) is 0 Å². The number of rotatable bonds is 6. The number of H-pyrrole nitrogens is 1. The van der Waals surface area contributed by atoms with Gasteiger partial charge in [-0.3, -0.25) is 9.69 Å². The minimum atomic E-state index is -0.166. The van der Waals surface area contributed by atoms with Crippen molar-refractivity contribution in [2.24, 2.45) is 10.7 Å². The highest BCUT2D eigenvalue weighted by Crippen LogP contribution is 2.30. The Hall–Kier alpha value is -4.05. The number of hydrogen-bond acceptors (Lipinski definition) is 8. The lowest BCUT2D eigenvalue weighted by molar-refractivity contribution is -0.802. The number of carbonyl (C=O) groups is 1. The van der Waals surface area contributed by atoms with Gasteiger partial charge in [-0.05, 0) is 37.6 Å². The number of nitrogens with two attached hydrogens (primary N) is 1. The fraction of sp³-hybridized carbons (Fsp3) is 0.444. The highest BCUT2D eigenvalue weighted by molar-refractivity contribution is 5.95. The molecule has 0 bridgehead atoms. The molecular weight excluding hydrogens is 496 g/mol. The van der Waals surface area contributed by atoms with Crippen molar-refractivity contribution in [1.82, 2.24) is 25.2 Å². The van der Waals surface area contributed by atoms with Crippen molar-refractivity contribution in [3.63, 3.8) is 0 Å². The topological polar surface area (TPSA) is 149 Å². The number of anilines is 1.